The maximum atomic E-state index is 11.1. The lowest BCUT2D eigenvalue weighted by molar-refractivity contribution is -0.137. The molecule has 0 aliphatic heterocycles. The Labute approximate surface area is 138 Å². The maximum Gasteiger partial charge on any atom is 0.335 e. The van der Waals surface area contributed by atoms with E-state index in [9.17, 15) is 9.59 Å². The molecule has 4 N–H and O–H groups in total. The number of carbonyl (C=O) groups is 2. The monoisotopic (exact) mass is 333 g/mol. The number of carboxylic acid groups (broad SMARTS) is 2. The number of halogens is 1. The molecule has 0 radical (unpaired) electrons. The highest BCUT2D eigenvalue weighted by Gasteiger charge is 2.16. The van der Waals surface area contributed by atoms with Crippen molar-refractivity contribution in [1.82, 2.24) is 0 Å². The standard InChI is InChI=1S/C17H16ClNO4/c18-15-5-4-10(13(9-19)8-16(20)21)7-14(15)11-2-1-3-12(6-11)17(22)23/h1-7,13H,8-9,19H2,(H,20,21)(H,22,23). The highest BCUT2D eigenvalue weighted by atomic mass is 35.5. The Morgan fingerprint density at radius 1 is 1.13 bits per heavy atom. The Morgan fingerprint density at radius 3 is 2.48 bits per heavy atom. The molecule has 2 aromatic carbocycles. The zero-order valence-electron chi connectivity index (χ0n) is 12.2. The van der Waals surface area contributed by atoms with Crippen LogP contribution in [0.4, 0.5) is 0 Å². The third-order valence-corrected chi connectivity index (χ3v) is 3.92. The summed E-state index contributed by atoms with van der Waals surface area (Å²) in [5, 5.41) is 18.5. The fraction of sp³-hybridized carbons (Fsp3) is 0.176. The van der Waals surface area contributed by atoms with Crippen LogP contribution in [0.1, 0.15) is 28.3 Å². The lowest BCUT2D eigenvalue weighted by atomic mass is 9.92. The Bertz CT molecular complexity index is 745. The lowest BCUT2D eigenvalue weighted by Gasteiger charge is -2.15. The summed E-state index contributed by atoms with van der Waals surface area (Å²) in [6.45, 7) is 0.197. The first-order chi connectivity index (χ1) is 10.9. The van der Waals surface area contributed by atoms with E-state index in [1.807, 2.05) is 0 Å². The van der Waals surface area contributed by atoms with Crippen molar-refractivity contribution in [2.75, 3.05) is 6.54 Å². The second kappa shape index (κ2) is 7.26. The fourth-order valence-electron chi connectivity index (χ4n) is 2.39. The van der Waals surface area contributed by atoms with Gasteiger partial charge in [0.15, 0.2) is 0 Å². The van der Waals surface area contributed by atoms with E-state index in [0.717, 1.165) is 5.56 Å². The van der Waals surface area contributed by atoms with E-state index in [4.69, 9.17) is 27.5 Å². The van der Waals surface area contributed by atoms with Gasteiger partial charge in [-0.05, 0) is 41.9 Å². The van der Waals surface area contributed by atoms with Gasteiger partial charge >= 0.3 is 11.9 Å². The summed E-state index contributed by atoms with van der Waals surface area (Å²) in [7, 11) is 0. The van der Waals surface area contributed by atoms with E-state index < -0.39 is 11.9 Å². The Hall–Kier alpha value is -2.37. The van der Waals surface area contributed by atoms with Crippen LogP contribution in [-0.2, 0) is 4.79 Å². The van der Waals surface area contributed by atoms with Crippen LogP contribution < -0.4 is 5.73 Å². The quantitative estimate of drug-likeness (QED) is 0.753. The minimum absolute atomic E-state index is 0.0766. The average Bonchev–Trinajstić information content (AvgIpc) is 2.53. The average molecular weight is 334 g/mol. The number of carboxylic acids is 2. The Kier molecular flexibility index (Phi) is 5.36. The number of aromatic carboxylic acids is 1. The van der Waals surface area contributed by atoms with Gasteiger partial charge in [-0.3, -0.25) is 4.79 Å². The zero-order chi connectivity index (χ0) is 17.0. The predicted molar refractivity (Wildman–Crippen MR) is 87.9 cm³/mol. The van der Waals surface area contributed by atoms with E-state index >= 15 is 0 Å². The van der Waals surface area contributed by atoms with Crippen LogP contribution in [0.2, 0.25) is 5.02 Å². The van der Waals surface area contributed by atoms with Crippen molar-refractivity contribution in [3.63, 3.8) is 0 Å². The zero-order valence-corrected chi connectivity index (χ0v) is 13.0. The Morgan fingerprint density at radius 2 is 1.87 bits per heavy atom. The second-order valence-corrected chi connectivity index (χ2v) is 5.56. The first-order valence-corrected chi connectivity index (χ1v) is 7.35. The van der Waals surface area contributed by atoms with Crippen LogP contribution in [0.25, 0.3) is 11.1 Å². The van der Waals surface area contributed by atoms with Crippen molar-refractivity contribution in [1.29, 1.82) is 0 Å². The van der Waals surface area contributed by atoms with Gasteiger partial charge in [-0.25, -0.2) is 4.79 Å². The molecule has 1 unspecified atom stereocenters. The summed E-state index contributed by atoms with van der Waals surface area (Å²) >= 11 is 6.22. The number of hydrogen-bond donors (Lipinski definition) is 3. The molecule has 0 saturated heterocycles. The molecule has 0 fully saturated rings. The van der Waals surface area contributed by atoms with Crippen molar-refractivity contribution >= 4 is 23.5 Å². The number of benzene rings is 2. The molecular weight excluding hydrogens is 318 g/mol. The molecule has 120 valence electrons. The Balaban J connectivity index is 2.47. The molecule has 0 aliphatic rings. The van der Waals surface area contributed by atoms with Gasteiger partial charge in [-0.2, -0.15) is 0 Å². The van der Waals surface area contributed by atoms with Gasteiger partial charge in [-0.15, -0.1) is 0 Å². The molecule has 0 saturated carbocycles. The van der Waals surface area contributed by atoms with Gasteiger partial charge in [0.05, 0.1) is 12.0 Å². The molecule has 0 spiro atoms. The summed E-state index contributed by atoms with van der Waals surface area (Å²) in [5.41, 5.74) is 7.89. The van der Waals surface area contributed by atoms with Crippen molar-refractivity contribution in [2.24, 2.45) is 5.73 Å². The van der Waals surface area contributed by atoms with E-state index in [-0.39, 0.29) is 24.4 Å². The topological polar surface area (TPSA) is 101 Å². The van der Waals surface area contributed by atoms with Gasteiger partial charge in [0, 0.05) is 16.5 Å². The number of aliphatic carboxylic acids is 1. The van der Waals surface area contributed by atoms with Crippen molar-refractivity contribution in [3.05, 3.63) is 58.6 Å². The van der Waals surface area contributed by atoms with Crippen molar-refractivity contribution in [3.8, 4) is 11.1 Å². The molecule has 5 nitrogen and oxygen atoms in total. The smallest absolute Gasteiger partial charge is 0.335 e. The molecule has 1 atom stereocenters. The third-order valence-electron chi connectivity index (χ3n) is 3.59. The van der Waals surface area contributed by atoms with Crippen LogP contribution in [0.5, 0.6) is 0 Å². The van der Waals surface area contributed by atoms with Crippen molar-refractivity contribution in [2.45, 2.75) is 12.3 Å². The molecule has 0 heterocycles. The molecule has 0 amide bonds. The fourth-order valence-corrected chi connectivity index (χ4v) is 2.61. The minimum atomic E-state index is -1.02. The van der Waals surface area contributed by atoms with Crippen LogP contribution in [-0.4, -0.2) is 28.7 Å². The molecule has 2 aromatic rings. The largest absolute Gasteiger partial charge is 0.481 e. The predicted octanol–water partition coefficient (Wildman–Crippen LogP) is 3.22. The molecule has 2 rings (SSSR count). The van der Waals surface area contributed by atoms with Crippen LogP contribution in [0, 0.1) is 0 Å². The summed E-state index contributed by atoms with van der Waals surface area (Å²) in [6.07, 6.45) is -0.0766. The van der Waals surface area contributed by atoms with E-state index in [1.54, 1.807) is 30.3 Å². The molecule has 6 heteroatoms. The summed E-state index contributed by atoms with van der Waals surface area (Å²) in [4.78, 5) is 22.0. The maximum absolute atomic E-state index is 11.1. The molecule has 23 heavy (non-hydrogen) atoms. The van der Waals surface area contributed by atoms with Crippen LogP contribution in [0.3, 0.4) is 0 Å². The lowest BCUT2D eigenvalue weighted by Crippen LogP contribution is -2.16. The molecule has 0 aromatic heterocycles. The van der Waals surface area contributed by atoms with Gasteiger partial charge in [-0.1, -0.05) is 29.8 Å². The second-order valence-electron chi connectivity index (χ2n) is 5.16. The SMILES string of the molecule is NCC(CC(=O)O)c1ccc(Cl)c(-c2cccc(C(=O)O)c2)c1. The van der Waals surface area contributed by atoms with E-state index in [2.05, 4.69) is 0 Å². The third kappa shape index (κ3) is 4.09. The molecular formula is C17H16ClNO4. The number of hydrogen-bond acceptors (Lipinski definition) is 3. The summed E-state index contributed by atoms with van der Waals surface area (Å²) in [6, 6.07) is 11.6. The summed E-state index contributed by atoms with van der Waals surface area (Å²) < 4.78 is 0. The number of rotatable bonds is 6. The van der Waals surface area contributed by atoms with Gasteiger partial charge < -0.3 is 15.9 Å². The highest BCUT2D eigenvalue weighted by molar-refractivity contribution is 6.33. The normalized spacial score (nSPS) is 11.9. The van der Waals surface area contributed by atoms with E-state index in [1.165, 1.54) is 12.1 Å². The van der Waals surface area contributed by atoms with Crippen LogP contribution >= 0.6 is 11.6 Å². The van der Waals surface area contributed by atoms with Crippen molar-refractivity contribution < 1.29 is 19.8 Å². The minimum Gasteiger partial charge on any atom is -0.481 e. The van der Waals surface area contributed by atoms with Crippen LogP contribution in [0.15, 0.2) is 42.5 Å². The molecule has 0 bridgehead atoms. The number of nitrogens with two attached hydrogens (primary N) is 1. The van der Waals surface area contributed by atoms with Gasteiger partial charge in [0.25, 0.3) is 0 Å². The van der Waals surface area contributed by atoms with Gasteiger partial charge in [0.1, 0.15) is 0 Å². The van der Waals surface area contributed by atoms with Gasteiger partial charge in [0.2, 0.25) is 0 Å². The molecule has 0 aliphatic carbocycles. The first-order valence-electron chi connectivity index (χ1n) is 6.97. The highest BCUT2D eigenvalue weighted by Crippen LogP contribution is 2.32. The first kappa shape index (κ1) is 17.0. The summed E-state index contributed by atoms with van der Waals surface area (Å²) in [5.74, 6) is -2.28. The van der Waals surface area contributed by atoms with E-state index in [0.29, 0.717) is 16.1 Å².